The van der Waals surface area contributed by atoms with Crippen LogP contribution in [0.2, 0.25) is 0 Å². The molecule has 0 N–H and O–H groups in total. The summed E-state index contributed by atoms with van der Waals surface area (Å²) in [4.78, 5) is 0. The lowest BCUT2D eigenvalue weighted by molar-refractivity contribution is 0.157. The summed E-state index contributed by atoms with van der Waals surface area (Å²) in [6.07, 6.45) is 4.31. The fourth-order valence-corrected chi connectivity index (χ4v) is 1.00. The lowest BCUT2D eigenvalue weighted by Gasteiger charge is -2.01. The Morgan fingerprint density at radius 3 is 2.38 bits per heavy atom. The number of aryl methyl sites for hydroxylation is 1. The number of hydrogen-bond donors (Lipinski definition) is 0. The Hall–Kier alpha value is -1.08. The fraction of sp³-hybridized carbons (Fsp3) is 0.333. The highest BCUT2D eigenvalue weighted by molar-refractivity contribution is 5.49. The van der Waals surface area contributed by atoms with Crippen LogP contribution < -0.4 is 0 Å². The van der Waals surface area contributed by atoms with E-state index in [4.69, 9.17) is 4.74 Å². The summed E-state index contributed by atoms with van der Waals surface area (Å²) in [6.45, 7) is 4.11. The van der Waals surface area contributed by atoms with Crippen LogP contribution in [0.15, 0.2) is 30.3 Å². The summed E-state index contributed by atoms with van der Waals surface area (Å²) in [5.41, 5.74) is 2.51. The highest BCUT2D eigenvalue weighted by Crippen LogP contribution is 2.05. The molecule has 0 spiro atoms. The molecule has 0 saturated carbocycles. The lowest BCUT2D eigenvalue weighted by Crippen LogP contribution is -1.98. The van der Waals surface area contributed by atoms with Crippen molar-refractivity contribution >= 4 is 6.08 Å². The predicted octanol–water partition coefficient (Wildman–Crippen LogP) is 3.04. The molecule has 0 amide bonds. The normalized spacial score (nSPS) is 13.5. The van der Waals surface area contributed by atoms with Gasteiger partial charge in [0.05, 0.1) is 6.10 Å². The number of methoxy groups -OCH3 is 1. The molecule has 0 saturated heterocycles. The summed E-state index contributed by atoms with van der Waals surface area (Å²) >= 11 is 0. The molecule has 0 fully saturated rings. The first-order chi connectivity index (χ1) is 6.22. The Kier molecular flexibility index (Phi) is 3.71. The molecule has 1 atom stereocenters. The number of hydrogen-bond acceptors (Lipinski definition) is 1. The standard InChI is InChI=1S/C12H16O/c1-10-4-7-12(8-5-10)9-6-11(2)13-3/h4-9,11H,1-3H3/b9-6+. The van der Waals surface area contributed by atoms with E-state index in [2.05, 4.69) is 37.3 Å². The van der Waals surface area contributed by atoms with Gasteiger partial charge in [0.2, 0.25) is 0 Å². The van der Waals surface area contributed by atoms with E-state index in [9.17, 15) is 0 Å². The van der Waals surface area contributed by atoms with Gasteiger partial charge in [0.25, 0.3) is 0 Å². The SMILES string of the molecule is COC(C)/C=C/c1ccc(C)cc1. The number of benzene rings is 1. The van der Waals surface area contributed by atoms with Crippen LogP contribution in [0.1, 0.15) is 18.1 Å². The minimum Gasteiger partial charge on any atom is -0.378 e. The number of ether oxygens (including phenoxy) is 1. The smallest absolute Gasteiger partial charge is 0.0727 e. The van der Waals surface area contributed by atoms with Crippen molar-refractivity contribution in [1.29, 1.82) is 0 Å². The van der Waals surface area contributed by atoms with Crippen molar-refractivity contribution < 1.29 is 4.74 Å². The van der Waals surface area contributed by atoms with Gasteiger partial charge in [-0.2, -0.15) is 0 Å². The molecule has 1 aromatic carbocycles. The van der Waals surface area contributed by atoms with Gasteiger partial charge in [-0.15, -0.1) is 0 Å². The van der Waals surface area contributed by atoms with Crippen LogP contribution in [0.3, 0.4) is 0 Å². The Labute approximate surface area is 80.0 Å². The van der Waals surface area contributed by atoms with Gasteiger partial charge in [0.1, 0.15) is 0 Å². The van der Waals surface area contributed by atoms with Crippen LogP contribution in [0.4, 0.5) is 0 Å². The zero-order valence-electron chi connectivity index (χ0n) is 8.45. The van der Waals surface area contributed by atoms with Gasteiger partial charge in [-0.1, -0.05) is 42.0 Å². The molecular weight excluding hydrogens is 160 g/mol. The van der Waals surface area contributed by atoms with Crippen molar-refractivity contribution in [3.05, 3.63) is 41.5 Å². The van der Waals surface area contributed by atoms with Crippen LogP contribution in [0, 0.1) is 6.92 Å². The van der Waals surface area contributed by atoms with Crippen molar-refractivity contribution in [3.8, 4) is 0 Å². The molecule has 1 nitrogen and oxygen atoms in total. The highest BCUT2D eigenvalue weighted by Gasteiger charge is 1.91. The first kappa shape index (κ1) is 10.0. The second-order valence-corrected chi connectivity index (χ2v) is 3.21. The summed E-state index contributed by atoms with van der Waals surface area (Å²) in [7, 11) is 1.71. The summed E-state index contributed by atoms with van der Waals surface area (Å²) in [5.74, 6) is 0. The van der Waals surface area contributed by atoms with Crippen LogP contribution in [-0.4, -0.2) is 13.2 Å². The summed E-state index contributed by atoms with van der Waals surface area (Å²) in [5, 5.41) is 0. The maximum absolute atomic E-state index is 5.11. The third-order valence-electron chi connectivity index (χ3n) is 2.01. The lowest BCUT2D eigenvalue weighted by atomic mass is 10.1. The van der Waals surface area contributed by atoms with E-state index >= 15 is 0 Å². The maximum atomic E-state index is 5.11. The van der Waals surface area contributed by atoms with Crippen LogP contribution in [-0.2, 0) is 4.74 Å². The second-order valence-electron chi connectivity index (χ2n) is 3.21. The molecule has 0 bridgehead atoms. The van der Waals surface area contributed by atoms with E-state index in [1.165, 1.54) is 11.1 Å². The predicted molar refractivity (Wildman–Crippen MR) is 56.7 cm³/mol. The Morgan fingerprint density at radius 1 is 1.23 bits per heavy atom. The van der Waals surface area contributed by atoms with Gasteiger partial charge in [-0.25, -0.2) is 0 Å². The van der Waals surface area contributed by atoms with Crippen LogP contribution in [0.25, 0.3) is 6.08 Å². The first-order valence-electron chi connectivity index (χ1n) is 4.50. The molecule has 0 aromatic heterocycles. The minimum atomic E-state index is 0.182. The summed E-state index contributed by atoms with van der Waals surface area (Å²) in [6, 6.07) is 8.43. The molecule has 1 aromatic rings. The monoisotopic (exact) mass is 176 g/mol. The van der Waals surface area contributed by atoms with Crippen molar-refractivity contribution in [2.75, 3.05) is 7.11 Å². The third-order valence-corrected chi connectivity index (χ3v) is 2.01. The Balaban J connectivity index is 2.64. The largest absolute Gasteiger partial charge is 0.378 e. The van der Waals surface area contributed by atoms with Gasteiger partial charge in [0.15, 0.2) is 0 Å². The van der Waals surface area contributed by atoms with E-state index in [1.807, 2.05) is 13.0 Å². The van der Waals surface area contributed by atoms with Crippen LogP contribution in [0.5, 0.6) is 0 Å². The fourth-order valence-electron chi connectivity index (χ4n) is 1.00. The molecule has 0 heterocycles. The van der Waals surface area contributed by atoms with Crippen molar-refractivity contribution in [3.63, 3.8) is 0 Å². The zero-order chi connectivity index (χ0) is 9.68. The molecule has 1 heteroatoms. The molecule has 13 heavy (non-hydrogen) atoms. The maximum Gasteiger partial charge on any atom is 0.0727 e. The number of rotatable bonds is 3. The average molecular weight is 176 g/mol. The highest BCUT2D eigenvalue weighted by atomic mass is 16.5. The third kappa shape index (κ3) is 3.43. The van der Waals surface area contributed by atoms with E-state index in [0.717, 1.165) is 0 Å². The molecular formula is C12H16O. The van der Waals surface area contributed by atoms with Gasteiger partial charge in [0, 0.05) is 7.11 Å². The molecule has 0 radical (unpaired) electrons. The van der Waals surface area contributed by atoms with Gasteiger partial charge >= 0.3 is 0 Å². The molecule has 0 aliphatic rings. The van der Waals surface area contributed by atoms with Crippen LogP contribution >= 0.6 is 0 Å². The van der Waals surface area contributed by atoms with Gasteiger partial charge < -0.3 is 4.74 Å². The van der Waals surface area contributed by atoms with E-state index in [1.54, 1.807) is 7.11 Å². The first-order valence-corrected chi connectivity index (χ1v) is 4.50. The van der Waals surface area contributed by atoms with E-state index < -0.39 is 0 Å². The van der Waals surface area contributed by atoms with Crippen molar-refractivity contribution in [2.45, 2.75) is 20.0 Å². The minimum absolute atomic E-state index is 0.182. The quantitative estimate of drug-likeness (QED) is 0.687. The Bertz CT molecular complexity index is 272. The average Bonchev–Trinajstić information content (AvgIpc) is 2.16. The summed E-state index contributed by atoms with van der Waals surface area (Å²) < 4.78 is 5.11. The van der Waals surface area contributed by atoms with E-state index in [-0.39, 0.29) is 6.10 Å². The van der Waals surface area contributed by atoms with Gasteiger partial charge in [-0.05, 0) is 19.4 Å². The van der Waals surface area contributed by atoms with Crippen molar-refractivity contribution in [2.24, 2.45) is 0 Å². The molecule has 1 rings (SSSR count). The molecule has 1 unspecified atom stereocenters. The van der Waals surface area contributed by atoms with Gasteiger partial charge in [-0.3, -0.25) is 0 Å². The topological polar surface area (TPSA) is 9.23 Å². The second kappa shape index (κ2) is 4.83. The van der Waals surface area contributed by atoms with Crippen molar-refractivity contribution in [1.82, 2.24) is 0 Å². The van der Waals surface area contributed by atoms with E-state index in [0.29, 0.717) is 0 Å². The zero-order valence-corrected chi connectivity index (χ0v) is 8.45. The molecule has 0 aliphatic carbocycles. The molecule has 70 valence electrons. The molecule has 0 aliphatic heterocycles. The Morgan fingerprint density at radius 2 is 1.85 bits per heavy atom.